The van der Waals surface area contributed by atoms with Crippen LogP contribution in [0.15, 0.2) is 28.9 Å². The minimum Gasteiger partial charge on any atom is -0.220 e. The molecule has 1 heterocycles. The number of nitrogens with zero attached hydrogens (tertiary/aromatic N) is 3. The Kier molecular flexibility index (Phi) is 3.56. The van der Waals surface area contributed by atoms with Gasteiger partial charge in [0.1, 0.15) is 5.82 Å². The van der Waals surface area contributed by atoms with E-state index in [4.69, 9.17) is 11.6 Å². The van der Waals surface area contributed by atoms with E-state index in [1.54, 1.807) is 18.3 Å². The van der Waals surface area contributed by atoms with Crippen molar-refractivity contribution in [2.45, 2.75) is 6.42 Å². The first-order chi connectivity index (χ1) is 7.70. The first-order valence-electron chi connectivity index (χ1n) is 4.63. The normalized spacial score (nSPS) is 10.7. The molecular weight excluding hydrogens is 296 g/mol. The number of benzene rings is 1. The van der Waals surface area contributed by atoms with Crippen molar-refractivity contribution in [1.82, 2.24) is 15.0 Å². The fourth-order valence-electron chi connectivity index (χ4n) is 1.26. The molecule has 0 bridgehead atoms. The van der Waals surface area contributed by atoms with Crippen LogP contribution in [0.5, 0.6) is 0 Å². The summed E-state index contributed by atoms with van der Waals surface area (Å²) in [4.78, 5) is 0. The Morgan fingerprint density at radius 1 is 1.44 bits per heavy atom. The Morgan fingerprint density at radius 3 is 2.94 bits per heavy atom. The molecule has 0 N–H and O–H groups in total. The molecule has 6 heteroatoms. The molecule has 0 amide bonds. The standard InChI is InChI=1S/C10H8BrClFN3/c11-9-2-1-8(5-10(9)13)16-6-7(3-4-12)14-15-16/h1-2,5-6H,3-4H2. The van der Waals surface area contributed by atoms with Crippen LogP contribution in [0.2, 0.25) is 0 Å². The topological polar surface area (TPSA) is 30.7 Å². The molecular formula is C10H8BrClFN3. The Hall–Kier alpha value is -0.940. The second-order valence-corrected chi connectivity index (χ2v) is 4.42. The highest BCUT2D eigenvalue weighted by molar-refractivity contribution is 9.10. The molecule has 0 atom stereocenters. The van der Waals surface area contributed by atoms with Crippen molar-refractivity contribution in [3.8, 4) is 5.69 Å². The van der Waals surface area contributed by atoms with Gasteiger partial charge in [-0.05, 0) is 28.1 Å². The van der Waals surface area contributed by atoms with Crippen molar-refractivity contribution in [2.75, 3.05) is 5.88 Å². The minimum absolute atomic E-state index is 0.327. The van der Waals surface area contributed by atoms with E-state index in [9.17, 15) is 4.39 Å². The van der Waals surface area contributed by atoms with E-state index in [1.165, 1.54) is 10.7 Å². The molecule has 3 nitrogen and oxygen atoms in total. The van der Waals surface area contributed by atoms with Gasteiger partial charge in [-0.3, -0.25) is 0 Å². The third-order valence-corrected chi connectivity index (χ3v) is 2.89. The van der Waals surface area contributed by atoms with Crippen LogP contribution in [0.3, 0.4) is 0 Å². The van der Waals surface area contributed by atoms with Crippen LogP contribution in [-0.2, 0) is 6.42 Å². The number of hydrogen-bond acceptors (Lipinski definition) is 2. The predicted molar refractivity (Wildman–Crippen MR) is 63.4 cm³/mol. The molecule has 0 aliphatic heterocycles. The second-order valence-electron chi connectivity index (χ2n) is 3.19. The van der Waals surface area contributed by atoms with Crippen molar-refractivity contribution < 1.29 is 4.39 Å². The molecule has 0 saturated carbocycles. The summed E-state index contributed by atoms with van der Waals surface area (Å²) in [5.41, 5.74) is 1.42. The molecule has 1 aromatic carbocycles. The van der Waals surface area contributed by atoms with E-state index >= 15 is 0 Å². The summed E-state index contributed by atoms with van der Waals surface area (Å²) < 4.78 is 15.2. The average Bonchev–Trinajstić information content (AvgIpc) is 2.71. The molecule has 2 rings (SSSR count). The molecule has 2 aromatic rings. The predicted octanol–water partition coefficient (Wildman–Crippen LogP) is 2.95. The highest BCUT2D eigenvalue weighted by atomic mass is 79.9. The van der Waals surface area contributed by atoms with Gasteiger partial charge in [0.25, 0.3) is 0 Å². The van der Waals surface area contributed by atoms with Crippen molar-refractivity contribution in [3.05, 3.63) is 40.4 Å². The molecule has 1 aromatic heterocycles. The maximum absolute atomic E-state index is 13.3. The van der Waals surface area contributed by atoms with Gasteiger partial charge in [0, 0.05) is 18.4 Å². The smallest absolute Gasteiger partial charge is 0.139 e. The van der Waals surface area contributed by atoms with Crippen LogP contribution in [0.1, 0.15) is 5.69 Å². The van der Waals surface area contributed by atoms with Crippen LogP contribution in [0.25, 0.3) is 5.69 Å². The van der Waals surface area contributed by atoms with E-state index in [2.05, 4.69) is 26.2 Å². The summed E-state index contributed by atoms with van der Waals surface area (Å²) in [6.07, 6.45) is 2.39. The maximum atomic E-state index is 13.3. The third-order valence-electron chi connectivity index (χ3n) is 2.06. The molecule has 0 spiro atoms. The molecule has 0 aliphatic rings. The van der Waals surface area contributed by atoms with Crippen LogP contribution in [-0.4, -0.2) is 20.9 Å². The molecule has 0 radical (unpaired) electrons. The fraction of sp³-hybridized carbons (Fsp3) is 0.200. The van der Waals surface area contributed by atoms with Gasteiger partial charge in [0.2, 0.25) is 0 Å². The molecule has 0 fully saturated rings. The number of aryl methyl sites for hydroxylation is 1. The fourth-order valence-corrected chi connectivity index (χ4v) is 1.70. The minimum atomic E-state index is -0.327. The molecule has 0 saturated heterocycles. The number of aromatic nitrogens is 3. The van der Waals surface area contributed by atoms with Crippen LogP contribution < -0.4 is 0 Å². The number of halogens is 3. The highest BCUT2D eigenvalue weighted by Gasteiger charge is 2.05. The number of alkyl halides is 1. The monoisotopic (exact) mass is 303 g/mol. The van der Waals surface area contributed by atoms with Crippen molar-refractivity contribution in [1.29, 1.82) is 0 Å². The quantitative estimate of drug-likeness (QED) is 0.816. The van der Waals surface area contributed by atoms with Crippen molar-refractivity contribution in [2.24, 2.45) is 0 Å². The van der Waals surface area contributed by atoms with E-state index in [-0.39, 0.29) is 5.82 Å². The van der Waals surface area contributed by atoms with E-state index < -0.39 is 0 Å². The first kappa shape index (κ1) is 11.5. The van der Waals surface area contributed by atoms with Gasteiger partial charge in [0.15, 0.2) is 0 Å². The number of hydrogen-bond donors (Lipinski definition) is 0. The zero-order valence-corrected chi connectivity index (χ0v) is 10.5. The van der Waals surface area contributed by atoms with Gasteiger partial charge in [-0.25, -0.2) is 9.07 Å². The largest absolute Gasteiger partial charge is 0.220 e. The van der Waals surface area contributed by atoms with Gasteiger partial charge in [-0.1, -0.05) is 5.21 Å². The lowest BCUT2D eigenvalue weighted by molar-refractivity contribution is 0.618. The van der Waals surface area contributed by atoms with Crippen LogP contribution in [0, 0.1) is 5.82 Å². The zero-order chi connectivity index (χ0) is 11.5. The summed E-state index contributed by atoms with van der Waals surface area (Å²) in [5, 5.41) is 7.83. The maximum Gasteiger partial charge on any atom is 0.139 e. The summed E-state index contributed by atoms with van der Waals surface area (Å²) >= 11 is 8.69. The van der Waals surface area contributed by atoms with E-state index in [0.29, 0.717) is 22.5 Å². The zero-order valence-electron chi connectivity index (χ0n) is 8.20. The summed E-state index contributed by atoms with van der Waals surface area (Å²) in [5.74, 6) is 0.166. The van der Waals surface area contributed by atoms with Crippen molar-refractivity contribution >= 4 is 27.5 Å². The average molecular weight is 305 g/mol. The molecule has 0 aliphatic carbocycles. The Morgan fingerprint density at radius 2 is 2.25 bits per heavy atom. The first-order valence-corrected chi connectivity index (χ1v) is 5.96. The van der Waals surface area contributed by atoms with E-state index in [1.807, 2.05) is 0 Å². The van der Waals surface area contributed by atoms with Gasteiger partial charge < -0.3 is 0 Å². The SMILES string of the molecule is Fc1cc(-n2cc(CCCl)nn2)ccc1Br. The second kappa shape index (κ2) is 4.93. The Bertz CT molecular complexity index is 501. The molecule has 84 valence electrons. The van der Waals surface area contributed by atoms with Gasteiger partial charge in [0.05, 0.1) is 22.1 Å². The van der Waals surface area contributed by atoms with Gasteiger partial charge in [-0.2, -0.15) is 0 Å². The molecule has 16 heavy (non-hydrogen) atoms. The summed E-state index contributed by atoms with van der Waals surface area (Å²) in [6.45, 7) is 0. The lowest BCUT2D eigenvalue weighted by atomic mass is 10.3. The summed E-state index contributed by atoms with van der Waals surface area (Å²) in [7, 11) is 0. The third kappa shape index (κ3) is 2.41. The Balaban J connectivity index is 2.31. The lowest BCUT2D eigenvalue weighted by Gasteiger charge is -2.00. The molecule has 0 unspecified atom stereocenters. The number of rotatable bonds is 3. The Labute approximate surface area is 105 Å². The highest BCUT2D eigenvalue weighted by Crippen LogP contribution is 2.18. The summed E-state index contributed by atoms with van der Waals surface area (Å²) in [6, 6.07) is 4.78. The van der Waals surface area contributed by atoms with Gasteiger partial charge >= 0.3 is 0 Å². The van der Waals surface area contributed by atoms with Crippen LogP contribution in [0.4, 0.5) is 4.39 Å². The van der Waals surface area contributed by atoms with Gasteiger partial charge in [-0.15, -0.1) is 16.7 Å². The van der Waals surface area contributed by atoms with Crippen molar-refractivity contribution in [3.63, 3.8) is 0 Å². The lowest BCUT2D eigenvalue weighted by Crippen LogP contribution is -1.95. The van der Waals surface area contributed by atoms with Crippen LogP contribution >= 0.6 is 27.5 Å². The van der Waals surface area contributed by atoms with E-state index in [0.717, 1.165) is 5.69 Å².